The lowest BCUT2D eigenvalue weighted by Crippen LogP contribution is -2.33. The molecule has 114 valence electrons. The molecule has 0 fully saturated rings. The standard InChI is InChI=1S/C16H27NO3/c1-16(2,3)9-10-17-11-13(18)12-20-15-8-6-5-7-14(15)19-4/h5-8,13,17-18H,9-12H2,1-4H3. The highest BCUT2D eigenvalue weighted by atomic mass is 16.5. The number of rotatable bonds is 8. The Balaban J connectivity index is 2.24. The van der Waals surface area contributed by atoms with E-state index in [4.69, 9.17) is 9.47 Å². The molecule has 20 heavy (non-hydrogen) atoms. The third kappa shape index (κ3) is 6.78. The van der Waals surface area contributed by atoms with E-state index in [1.54, 1.807) is 7.11 Å². The molecule has 0 aliphatic heterocycles. The first-order valence-electron chi connectivity index (χ1n) is 7.07. The first-order valence-corrected chi connectivity index (χ1v) is 7.07. The Morgan fingerprint density at radius 3 is 2.45 bits per heavy atom. The Morgan fingerprint density at radius 1 is 1.20 bits per heavy atom. The quantitative estimate of drug-likeness (QED) is 0.719. The fourth-order valence-corrected chi connectivity index (χ4v) is 1.72. The van der Waals surface area contributed by atoms with Crippen LogP contribution >= 0.6 is 0 Å². The number of aliphatic hydroxyl groups excluding tert-OH is 1. The van der Waals surface area contributed by atoms with Crippen LogP contribution in [0.25, 0.3) is 0 Å². The molecule has 2 N–H and O–H groups in total. The van der Waals surface area contributed by atoms with Crippen LogP contribution in [0.15, 0.2) is 24.3 Å². The maximum Gasteiger partial charge on any atom is 0.161 e. The van der Waals surface area contributed by atoms with E-state index in [9.17, 15) is 5.11 Å². The molecule has 0 saturated heterocycles. The van der Waals surface area contributed by atoms with Gasteiger partial charge in [-0.1, -0.05) is 32.9 Å². The number of hydrogen-bond acceptors (Lipinski definition) is 4. The van der Waals surface area contributed by atoms with Gasteiger partial charge in [-0.15, -0.1) is 0 Å². The Bertz CT molecular complexity index is 388. The van der Waals surface area contributed by atoms with E-state index in [0.717, 1.165) is 13.0 Å². The van der Waals surface area contributed by atoms with Crippen molar-refractivity contribution in [3.05, 3.63) is 24.3 Å². The minimum atomic E-state index is -0.528. The number of aliphatic hydroxyl groups is 1. The predicted octanol–water partition coefficient (Wildman–Crippen LogP) is 2.46. The van der Waals surface area contributed by atoms with Crippen LogP contribution in [0.3, 0.4) is 0 Å². The molecule has 1 atom stereocenters. The lowest BCUT2D eigenvalue weighted by molar-refractivity contribution is 0.104. The Kier molecular flexibility index (Phi) is 6.82. The largest absolute Gasteiger partial charge is 0.493 e. The lowest BCUT2D eigenvalue weighted by atomic mass is 9.92. The van der Waals surface area contributed by atoms with Crippen LogP contribution in [0.1, 0.15) is 27.2 Å². The molecule has 0 aliphatic rings. The molecule has 0 amide bonds. The van der Waals surface area contributed by atoms with Crippen molar-refractivity contribution in [1.82, 2.24) is 5.32 Å². The molecule has 0 aromatic heterocycles. The smallest absolute Gasteiger partial charge is 0.161 e. The van der Waals surface area contributed by atoms with Crippen LogP contribution in [0, 0.1) is 5.41 Å². The summed E-state index contributed by atoms with van der Waals surface area (Å²) in [7, 11) is 1.60. The number of ether oxygens (including phenoxy) is 2. The van der Waals surface area contributed by atoms with Crippen LogP contribution in [-0.4, -0.2) is 38.0 Å². The predicted molar refractivity (Wildman–Crippen MR) is 81.4 cm³/mol. The monoisotopic (exact) mass is 281 g/mol. The highest BCUT2D eigenvalue weighted by Crippen LogP contribution is 2.25. The second kappa shape index (κ2) is 8.12. The normalized spacial score (nSPS) is 13.1. The summed E-state index contributed by atoms with van der Waals surface area (Å²) in [5.74, 6) is 1.34. The van der Waals surface area contributed by atoms with Crippen molar-refractivity contribution in [3.63, 3.8) is 0 Å². The summed E-state index contributed by atoms with van der Waals surface area (Å²) in [6.07, 6.45) is 0.549. The fraction of sp³-hybridized carbons (Fsp3) is 0.625. The summed E-state index contributed by atoms with van der Waals surface area (Å²) in [6, 6.07) is 7.43. The minimum Gasteiger partial charge on any atom is -0.493 e. The Morgan fingerprint density at radius 2 is 1.85 bits per heavy atom. The van der Waals surface area contributed by atoms with Gasteiger partial charge in [-0.3, -0.25) is 0 Å². The number of methoxy groups -OCH3 is 1. The molecule has 0 heterocycles. The average molecular weight is 281 g/mol. The number of hydrogen-bond donors (Lipinski definition) is 2. The third-order valence-electron chi connectivity index (χ3n) is 2.93. The zero-order valence-corrected chi connectivity index (χ0v) is 13.0. The summed E-state index contributed by atoms with van der Waals surface area (Å²) >= 11 is 0. The van der Waals surface area contributed by atoms with Crippen LogP contribution in [-0.2, 0) is 0 Å². The van der Waals surface area contributed by atoms with Gasteiger partial charge in [-0.2, -0.15) is 0 Å². The number of benzene rings is 1. The van der Waals surface area contributed by atoms with Gasteiger partial charge in [0, 0.05) is 6.54 Å². The van der Waals surface area contributed by atoms with Crippen LogP contribution in [0.2, 0.25) is 0 Å². The second-order valence-electron chi connectivity index (χ2n) is 6.13. The van der Waals surface area contributed by atoms with Gasteiger partial charge >= 0.3 is 0 Å². The van der Waals surface area contributed by atoms with Gasteiger partial charge in [0.05, 0.1) is 7.11 Å². The van der Waals surface area contributed by atoms with Crippen LogP contribution < -0.4 is 14.8 Å². The first kappa shape index (κ1) is 16.8. The molecule has 4 heteroatoms. The van der Waals surface area contributed by atoms with Gasteiger partial charge in [-0.05, 0) is 30.5 Å². The van der Waals surface area contributed by atoms with E-state index in [2.05, 4.69) is 26.1 Å². The van der Waals surface area contributed by atoms with Gasteiger partial charge in [0.15, 0.2) is 11.5 Å². The topological polar surface area (TPSA) is 50.7 Å². The van der Waals surface area contributed by atoms with E-state index in [1.165, 1.54) is 0 Å². The van der Waals surface area contributed by atoms with Crippen LogP contribution in [0.4, 0.5) is 0 Å². The summed E-state index contributed by atoms with van der Waals surface area (Å²) < 4.78 is 10.8. The van der Waals surface area contributed by atoms with E-state index in [-0.39, 0.29) is 6.61 Å². The molecule has 1 unspecified atom stereocenters. The molecule has 0 saturated carbocycles. The molecular formula is C16H27NO3. The van der Waals surface area contributed by atoms with E-state index < -0.39 is 6.10 Å². The van der Waals surface area contributed by atoms with Gasteiger partial charge in [0.25, 0.3) is 0 Å². The summed E-state index contributed by atoms with van der Waals surface area (Å²) in [5, 5.41) is 13.1. The molecule has 0 radical (unpaired) electrons. The second-order valence-corrected chi connectivity index (χ2v) is 6.13. The number of nitrogens with one attached hydrogen (secondary N) is 1. The summed E-state index contributed by atoms with van der Waals surface area (Å²) in [4.78, 5) is 0. The van der Waals surface area contributed by atoms with Crippen LogP contribution in [0.5, 0.6) is 11.5 Å². The van der Waals surface area contributed by atoms with Crippen molar-refractivity contribution in [2.75, 3.05) is 26.8 Å². The molecule has 1 rings (SSSR count). The van der Waals surface area contributed by atoms with Gasteiger partial charge in [-0.25, -0.2) is 0 Å². The lowest BCUT2D eigenvalue weighted by Gasteiger charge is -2.19. The van der Waals surface area contributed by atoms with Crippen molar-refractivity contribution in [2.45, 2.75) is 33.3 Å². The molecule has 1 aromatic carbocycles. The highest BCUT2D eigenvalue weighted by Gasteiger charge is 2.11. The number of para-hydroxylation sites is 2. The van der Waals surface area contributed by atoms with E-state index in [0.29, 0.717) is 23.5 Å². The van der Waals surface area contributed by atoms with Crippen molar-refractivity contribution in [3.8, 4) is 11.5 Å². The maximum atomic E-state index is 9.88. The van der Waals surface area contributed by atoms with Gasteiger partial charge in [0.1, 0.15) is 12.7 Å². The minimum absolute atomic E-state index is 0.253. The Labute approximate surface area is 122 Å². The molecule has 4 nitrogen and oxygen atoms in total. The van der Waals surface area contributed by atoms with Crippen molar-refractivity contribution in [1.29, 1.82) is 0 Å². The van der Waals surface area contributed by atoms with Gasteiger partial charge < -0.3 is 19.9 Å². The molecule has 0 bridgehead atoms. The zero-order chi connectivity index (χ0) is 15.0. The summed E-state index contributed by atoms with van der Waals surface area (Å²) in [5.41, 5.74) is 0.311. The first-order chi connectivity index (χ1) is 9.42. The SMILES string of the molecule is COc1ccccc1OCC(O)CNCCC(C)(C)C. The van der Waals surface area contributed by atoms with E-state index >= 15 is 0 Å². The van der Waals surface area contributed by atoms with E-state index in [1.807, 2.05) is 24.3 Å². The zero-order valence-electron chi connectivity index (χ0n) is 13.0. The van der Waals surface area contributed by atoms with Crippen molar-refractivity contribution in [2.24, 2.45) is 5.41 Å². The third-order valence-corrected chi connectivity index (χ3v) is 2.93. The molecule has 0 aliphatic carbocycles. The van der Waals surface area contributed by atoms with Gasteiger partial charge in [0.2, 0.25) is 0 Å². The van der Waals surface area contributed by atoms with Crippen molar-refractivity contribution < 1.29 is 14.6 Å². The average Bonchev–Trinajstić information content (AvgIpc) is 2.40. The fourth-order valence-electron chi connectivity index (χ4n) is 1.72. The highest BCUT2D eigenvalue weighted by molar-refractivity contribution is 5.39. The molecule has 0 spiro atoms. The molecular weight excluding hydrogens is 254 g/mol. The Hall–Kier alpha value is -1.26. The molecule has 1 aromatic rings. The maximum absolute atomic E-state index is 9.88. The van der Waals surface area contributed by atoms with Crippen molar-refractivity contribution >= 4 is 0 Å². The summed E-state index contributed by atoms with van der Waals surface area (Å²) in [6.45, 7) is 8.30.